The maximum Gasteiger partial charge on any atom is 0.220 e. The number of rotatable bonds is 2. The van der Waals surface area contributed by atoms with Crippen LogP contribution in [0.25, 0.3) is 0 Å². The Balaban J connectivity index is 2.24. The molecule has 0 unspecified atom stereocenters. The van der Waals surface area contributed by atoms with Gasteiger partial charge in [-0.3, -0.25) is 4.79 Å². The van der Waals surface area contributed by atoms with E-state index in [0.29, 0.717) is 32.8 Å². The maximum absolute atomic E-state index is 11.0. The summed E-state index contributed by atoms with van der Waals surface area (Å²) in [5, 5.41) is 2.82. The second kappa shape index (κ2) is 5.11. The van der Waals surface area contributed by atoms with E-state index in [2.05, 4.69) is 5.32 Å². The molecule has 0 radical (unpaired) electrons. The average molecular weight is 173 g/mol. The molecular weight excluding hydrogens is 158 g/mol. The van der Waals surface area contributed by atoms with E-state index in [1.165, 1.54) is 0 Å². The first-order chi connectivity index (χ1) is 5.83. The molecule has 1 fully saturated rings. The van der Waals surface area contributed by atoms with Crippen LogP contribution >= 0.6 is 0 Å². The zero-order valence-corrected chi connectivity index (χ0v) is 7.34. The fourth-order valence-corrected chi connectivity index (χ4v) is 1.03. The third-order valence-corrected chi connectivity index (χ3v) is 1.70. The zero-order valence-electron chi connectivity index (χ0n) is 7.34. The van der Waals surface area contributed by atoms with Gasteiger partial charge in [0, 0.05) is 6.42 Å². The van der Waals surface area contributed by atoms with Crippen molar-refractivity contribution in [2.45, 2.75) is 19.4 Å². The summed E-state index contributed by atoms with van der Waals surface area (Å²) in [6.45, 7) is 4.20. The molecule has 1 heterocycles. The normalized spacial score (nSPS) is 20.1. The van der Waals surface area contributed by atoms with E-state index in [-0.39, 0.29) is 11.9 Å². The zero-order chi connectivity index (χ0) is 8.81. The SMILES string of the molecule is CCC(=O)NC1COCCOC1. The number of carbonyl (C=O) groups is 1. The van der Waals surface area contributed by atoms with Crippen molar-refractivity contribution in [1.29, 1.82) is 0 Å². The van der Waals surface area contributed by atoms with Crippen molar-refractivity contribution in [2.75, 3.05) is 26.4 Å². The minimum atomic E-state index is 0.0277. The van der Waals surface area contributed by atoms with Crippen LogP contribution in [-0.2, 0) is 14.3 Å². The second-order valence-electron chi connectivity index (χ2n) is 2.77. The van der Waals surface area contributed by atoms with Crippen LogP contribution in [0.1, 0.15) is 13.3 Å². The first kappa shape index (κ1) is 9.48. The van der Waals surface area contributed by atoms with Gasteiger partial charge < -0.3 is 14.8 Å². The van der Waals surface area contributed by atoms with Crippen molar-refractivity contribution in [3.05, 3.63) is 0 Å². The van der Waals surface area contributed by atoms with Gasteiger partial charge in [0.1, 0.15) is 0 Å². The molecule has 70 valence electrons. The van der Waals surface area contributed by atoms with Crippen molar-refractivity contribution >= 4 is 5.91 Å². The van der Waals surface area contributed by atoms with Crippen molar-refractivity contribution in [3.63, 3.8) is 0 Å². The van der Waals surface area contributed by atoms with E-state index in [1.54, 1.807) is 0 Å². The molecular formula is C8H15NO3. The minimum absolute atomic E-state index is 0.0277. The molecule has 0 aliphatic carbocycles. The minimum Gasteiger partial charge on any atom is -0.377 e. The van der Waals surface area contributed by atoms with Crippen molar-refractivity contribution in [3.8, 4) is 0 Å². The quantitative estimate of drug-likeness (QED) is 0.635. The molecule has 4 heteroatoms. The first-order valence-corrected chi connectivity index (χ1v) is 4.27. The summed E-state index contributed by atoms with van der Waals surface area (Å²) in [6, 6.07) is 0.0277. The van der Waals surface area contributed by atoms with Crippen LogP contribution in [0.5, 0.6) is 0 Å². The Labute approximate surface area is 72.2 Å². The van der Waals surface area contributed by atoms with Gasteiger partial charge in [-0.15, -0.1) is 0 Å². The first-order valence-electron chi connectivity index (χ1n) is 4.27. The third kappa shape index (κ3) is 3.19. The molecule has 0 saturated carbocycles. The molecule has 0 aromatic heterocycles. The molecule has 0 bridgehead atoms. The predicted octanol–water partition coefficient (Wildman–Crippen LogP) is -0.0720. The van der Waals surface area contributed by atoms with E-state index in [4.69, 9.17) is 9.47 Å². The monoisotopic (exact) mass is 173 g/mol. The predicted molar refractivity (Wildman–Crippen MR) is 43.9 cm³/mol. The third-order valence-electron chi connectivity index (χ3n) is 1.70. The Bertz CT molecular complexity index is 141. The number of ether oxygens (including phenoxy) is 2. The summed E-state index contributed by atoms with van der Waals surface area (Å²) in [5.74, 6) is 0.0501. The standard InChI is InChI=1S/C8H15NO3/c1-2-8(10)9-7-5-11-3-4-12-6-7/h7H,2-6H2,1H3,(H,9,10). The largest absolute Gasteiger partial charge is 0.377 e. The van der Waals surface area contributed by atoms with Gasteiger partial charge in [-0.25, -0.2) is 0 Å². The van der Waals surface area contributed by atoms with Gasteiger partial charge in [-0.2, -0.15) is 0 Å². The highest BCUT2D eigenvalue weighted by Crippen LogP contribution is 1.95. The number of carbonyl (C=O) groups excluding carboxylic acids is 1. The van der Waals surface area contributed by atoms with Crippen LogP contribution in [-0.4, -0.2) is 38.4 Å². The molecule has 0 atom stereocenters. The molecule has 1 saturated heterocycles. The van der Waals surface area contributed by atoms with E-state index in [1.807, 2.05) is 6.92 Å². The summed E-state index contributed by atoms with van der Waals surface area (Å²) in [4.78, 5) is 11.0. The van der Waals surface area contributed by atoms with Crippen molar-refractivity contribution in [2.24, 2.45) is 0 Å². The molecule has 1 N–H and O–H groups in total. The molecule has 1 amide bonds. The van der Waals surface area contributed by atoms with Gasteiger partial charge in [-0.05, 0) is 0 Å². The van der Waals surface area contributed by atoms with Gasteiger partial charge in [0.15, 0.2) is 0 Å². The summed E-state index contributed by atoms with van der Waals surface area (Å²) in [6.07, 6.45) is 0.510. The number of amides is 1. The van der Waals surface area contributed by atoms with E-state index in [0.717, 1.165) is 0 Å². The highest BCUT2D eigenvalue weighted by molar-refractivity contribution is 5.75. The second-order valence-corrected chi connectivity index (χ2v) is 2.77. The summed E-state index contributed by atoms with van der Waals surface area (Å²) < 4.78 is 10.4. The molecule has 4 nitrogen and oxygen atoms in total. The van der Waals surface area contributed by atoms with Crippen molar-refractivity contribution in [1.82, 2.24) is 5.32 Å². The fraction of sp³-hybridized carbons (Fsp3) is 0.875. The van der Waals surface area contributed by atoms with Crippen LogP contribution < -0.4 is 5.32 Å². The number of nitrogens with one attached hydrogen (secondary N) is 1. The van der Waals surface area contributed by atoms with Crippen LogP contribution in [0.2, 0.25) is 0 Å². The fourth-order valence-electron chi connectivity index (χ4n) is 1.03. The Morgan fingerprint density at radius 1 is 1.42 bits per heavy atom. The number of hydrogen-bond donors (Lipinski definition) is 1. The van der Waals surface area contributed by atoms with Gasteiger partial charge in [0.25, 0.3) is 0 Å². The molecule has 1 aliphatic rings. The Morgan fingerprint density at radius 3 is 2.50 bits per heavy atom. The lowest BCUT2D eigenvalue weighted by Gasteiger charge is -2.14. The molecule has 1 rings (SSSR count). The average Bonchev–Trinajstić information content (AvgIpc) is 2.33. The summed E-state index contributed by atoms with van der Waals surface area (Å²) in [5.41, 5.74) is 0. The lowest BCUT2D eigenvalue weighted by atomic mass is 10.3. The summed E-state index contributed by atoms with van der Waals surface area (Å²) >= 11 is 0. The lowest BCUT2D eigenvalue weighted by molar-refractivity contribution is -0.122. The highest BCUT2D eigenvalue weighted by atomic mass is 16.5. The van der Waals surface area contributed by atoms with Crippen LogP contribution in [0.4, 0.5) is 0 Å². The Hall–Kier alpha value is -0.610. The molecule has 1 aliphatic heterocycles. The van der Waals surface area contributed by atoms with Gasteiger partial charge in [-0.1, -0.05) is 6.92 Å². The van der Waals surface area contributed by atoms with Gasteiger partial charge in [0.05, 0.1) is 32.5 Å². The van der Waals surface area contributed by atoms with E-state index in [9.17, 15) is 4.79 Å². The molecule has 0 aromatic carbocycles. The Morgan fingerprint density at radius 2 is 2.00 bits per heavy atom. The van der Waals surface area contributed by atoms with E-state index < -0.39 is 0 Å². The van der Waals surface area contributed by atoms with E-state index >= 15 is 0 Å². The topological polar surface area (TPSA) is 47.6 Å². The Kier molecular flexibility index (Phi) is 4.04. The highest BCUT2D eigenvalue weighted by Gasteiger charge is 2.13. The van der Waals surface area contributed by atoms with Crippen LogP contribution in [0.15, 0.2) is 0 Å². The smallest absolute Gasteiger partial charge is 0.220 e. The van der Waals surface area contributed by atoms with Crippen LogP contribution in [0.3, 0.4) is 0 Å². The van der Waals surface area contributed by atoms with Crippen LogP contribution in [0, 0.1) is 0 Å². The van der Waals surface area contributed by atoms with Gasteiger partial charge in [0.2, 0.25) is 5.91 Å². The van der Waals surface area contributed by atoms with Gasteiger partial charge >= 0.3 is 0 Å². The number of hydrogen-bond acceptors (Lipinski definition) is 3. The molecule has 0 aromatic rings. The lowest BCUT2D eigenvalue weighted by Crippen LogP contribution is -2.40. The molecule has 12 heavy (non-hydrogen) atoms. The maximum atomic E-state index is 11.0. The van der Waals surface area contributed by atoms with Crippen molar-refractivity contribution < 1.29 is 14.3 Å². The summed E-state index contributed by atoms with van der Waals surface area (Å²) in [7, 11) is 0. The molecule has 0 spiro atoms.